The van der Waals surface area contributed by atoms with Crippen LogP contribution in [0.5, 0.6) is 0 Å². The molecule has 0 fully saturated rings. The Labute approximate surface area is 172 Å². The zero-order chi connectivity index (χ0) is 21.3. The molecule has 0 spiro atoms. The van der Waals surface area contributed by atoms with Gasteiger partial charge in [0, 0.05) is 26.3 Å². The fourth-order valence-corrected chi connectivity index (χ4v) is 2.92. The van der Waals surface area contributed by atoms with Crippen LogP contribution in [0, 0.1) is 0 Å². The molecule has 1 amide bonds. The molecule has 0 bridgehead atoms. The lowest BCUT2D eigenvalue weighted by molar-refractivity contribution is 0.0528. The van der Waals surface area contributed by atoms with Gasteiger partial charge in [-0.2, -0.15) is 14.6 Å². The molecule has 4 heterocycles. The van der Waals surface area contributed by atoms with Crippen molar-refractivity contribution in [3.8, 4) is 11.6 Å². The molecule has 11 heteroatoms. The molecule has 0 saturated carbocycles. The number of furan rings is 1. The number of anilines is 1. The summed E-state index contributed by atoms with van der Waals surface area (Å²) in [7, 11) is 1.83. The van der Waals surface area contributed by atoms with E-state index in [4.69, 9.17) is 9.15 Å². The molecule has 11 nitrogen and oxygen atoms in total. The second-order valence-corrected chi connectivity index (χ2v) is 7.83. The van der Waals surface area contributed by atoms with E-state index < -0.39 is 11.7 Å². The number of alkyl carbamates (subject to hydrolysis) is 1. The van der Waals surface area contributed by atoms with Crippen LogP contribution in [0.4, 0.5) is 10.7 Å². The van der Waals surface area contributed by atoms with E-state index in [1.165, 1.54) is 0 Å². The van der Waals surface area contributed by atoms with Gasteiger partial charge in [0.15, 0.2) is 17.1 Å². The third kappa shape index (κ3) is 4.19. The van der Waals surface area contributed by atoms with Gasteiger partial charge in [-0.1, -0.05) is 0 Å². The molecule has 4 aromatic rings. The van der Waals surface area contributed by atoms with Crippen LogP contribution in [0.25, 0.3) is 28.3 Å². The molecule has 0 aromatic carbocycles. The first-order chi connectivity index (χ1) is 14.3. The summed E-state index contributed by atoms with van der Waals surface area (Å²) in [6.45, 7) is 6.51. The van der Waals surface area contributed by atoms with E-state index >= 15 is 0 Å². The minimum absolute atomic E-state index is 0.433. The number of fused-ring (bicyclic) bond motifs is 3. The van der Waals surface area contributed by atoms with Crippen LogP contribution in [0.15, 0.2) is 29.0 Å². The number of nitrogens with one attached hydrogen (secondary N) is 2. The molecule has 0 radical (unpaired) electrons. The average molecular weight is 412 g/mol. The Hall–Kier alpha value is -3.63. The maximum atomic E-state index is 11.7. The minimum atomic E-state index is -0.519. The van der Waals surface area contributed by atoms with Gasteiger partial charge in [0.25, 0.3) is 0 Å². The highest BCUT2D eigenvalue weighted by molar-refractivity contribution is 5.90. The minimum Gasteiger partial charge on any atom is -0.461 e. The fraction of sp³-hybridized carbons (Fsp3) is 0.421. The monoisotopic (exact) mass is 412 g/mol. The standard InChI is InChI=1S/C19H24N8O3/c1-19(2,3)30-18(28)21-9-6-8-20-17-23-14-12(11-26(4)24-14)16-22-15(25-27(16)17)13-7-5-10-29-13/h5,7,10-11H,6,8-9H2,1-4H3,(H,21,28)(H,20,23,24). The van der Waals surface area contributed by atoms with Crippen LogP contribution in [0.1, 0.15) is 27.2 Å². The SMILES string of the molecule is Cn1cc2c(nc(NCCCNC(=O)OC(C)(C)C)n3nc(-c4ccco4)nc23)n1. The third-order valence-electron chi connectivity index (χ3n) is 4.12. The van der Waals surface area contributed by atoms with E-state index in [1.807, 2.05) is 34.0 Å². The fourth-order valence-electron chi connectivity index (χ4n) is 2.92. The lowest BCUT2D eigenvalue weighted by atomic mass is 10.2. The first kappa shape index (κ1) is 19.7. The molecular weight excluding hydrogens is 388 g/mol. The van der Waals surface area contributed by atoms with Gasteiger partial charge in [0.2, 0.25) is 11.8 Å². The van der Waals surface area contributed by atoms with Crippen molar-refractivity contribution in [2.75, 3.05) is 18.4 Å². The van der Waals surface area contributed by atoms with Crippen LogP contribution < -0.4 is 10.6 Å². The van der Waals surface area contributed by atoms with E-state index in [2.05, 4.69) is 30.8 Å². The molecule has 2 N–H and O–H groups in total. The number of hydrogen-bond acceptors (Lipinski definition) is 8. The van der Waals surface area contributed by atoms with Crippen LogP contribution >= 0.6 is 0 Å². The molecule has 0 atom stereocenters. The van der Waals surface area contributed by atoms with Gasteiger partial charge in [-0.15, -0.1) is 5.10 Å². The largest absolute Gasteiger partial charge is 0.461 e. The van der Waals surface area contributed by atoms with Gasteiger partial charge in [-0.25, -0.2) is 9.78 Å². The number of carbonyl (C=O) groups is 1. The molecule has 0 unspecified atom stereocenters. The second kappa shape index (κ2) is 7.65. The number of hydrogen-bond donors (Lipinski definition) is 2. The molecule has 30 heavy (non-hydrogen) atoms. The predicted octanol–water partition coefficient (Wildman–Crippen LogP) is 2.60. The normalized spacial score (nSPS) is 11.9. The summed E-state index contributed by atoms with van der Waals surface area (Å²) in [6.07, 6.45) is 3.67. The van der Waals surface area contributed by atoms with Crippen LogP contribution in [0.3, 0.4) is 0 Å². The first-order valence-corrected chi connectivity index (χ1v) is 9.65. The summed E-state index contributed by atoms with van der Waals surface area (Å²) in [6, 6.07) is 3.59. The number of rotatable bonds is 6. The van der Waals surface area contributed by atoms with E-state index in [0.29, 0.717) is 48.3 Å². The van der Waals surface area contributed by atoms with E-state index in [9.17, 15) is 4.79 Å². The van der Waals surface area contributed by atoms with Crippen molar-refractivity contribution >= 4 is 28.7 Å². The Morgan fingerprint density at radius 1 is 1.23 bits per heavy atom. The molecule has 158 valence electrons. The Morgan fingerprint density at radius 3 is 2.80 bits per heavy atom. The Kier molecular flexibility index (Phi) is 5.02. The molecule has 4 rings (SSSR count). The van der Waals surface area contributed by atoms with Gasteiger partial charge in [0.05, 0.1) is 11.6 Å². The van der Waals surface area contributed by atoms with Gasteiger partial charge < -0.3 is 19.8 Å². The number of nitrogens with zero attached hydrogens (tertiary/aromatic N) is 6. The summed E-state index contributed by atoms with van der Waals surface area (Å²) in [5.41, 5.74) is 0.682. The van der Waals surface area contributed by atoms with Crippen molar-refractivity contribution in [2.45, 2.75) is 32.8 Å². The van der Waals surface area contributed by atoms with Gasteiger partial charge >= 0.3 is 6.09 Å². The quantitative estimate of drug-likeness (QED) is 0.463. The van der Waals surface area contributed by atoms with E-state index in [0.717, 1.165) is 5.39 Å². The molecule has 0 aliphatic carbocycles. The lowest BCUT2D eigenvalue weighted by Crippen LogP contribution is -2.33. The van der Waals surface area contributed by atoms with Crippen LogP contribution in [-0.4, -0.2) is 54.1 Å². The van der Waals surface area contributed by atoms with Crippen molar-refractivity contribution in [2.24, 2.45) is 7.05 Å². The van der Waals surface area contributed by atoms with Gasteiger partial charge in [-0.3, -0.25) is 4.68 Å². The first-order valence-electron chi connectivity index (χ1n) is 9.65. The average Bonchev–Trinajstić information content (AvgIpc) is 3.37. The third-order valence-corrected chi connectivity index (χ3v) is 4.12. The maximum Gasteiger partial charge on any atom is 0.407 e. The highest BCUT2D eigenvalue weighted by atomic mass is 16.6. The molecule has 0 aliphatic rings. The van der Waals surface area contributed by atoms with E-state index in [-0.39, 0.29) is 0 Å². The molecule has 4 aromatic heterocycles. The predicted molar refractivity (Wildman–Crippen MR) is 110 cm³/mol. The molecular formula is C19H24N8O3. The Bertz CT molecular complexity index is 1170. The van der Waals surface area contributed by atoms with Crippen LogP contribution in [-0.2, 0) is 11.8 Å². The van der Waals surface area contributed by atoms with Crippen molar-refractivity contribution < 1.29 is 13.9 Å². The zero-order valence-electron chi connectivity index (χ0n) is 17.3. The number of carbonyl (C=O) groups excluding carboxylic acids is 1. The highest BCUT2D eigenvalue weighted by Crippen LogP contribution is 2.23. The van der Waals surface area contributed by atoms with Crippen LogP contribution in [0.2, 0.25) is 0 Å². The number of ether oxygens (including phenoxy) is 1. The van der Waals surface area contributed by atoms with E-state index in [1.54, 1.807) is 27.6 Å². The second-order valence-electron chi connectivity index (χ2n) is 7.83. The lowest BCUT2D eigenvalue weighted by Gasteiger charge is -2.19. The summed E-state index contributed by atoms with van der Waals surface area (Å²) in [4.78, 5) is 20.9. The van der Waals surface area contributed by atoms with Gasteiger partial charge in [0.1, 0.15) is 5.60 Å². The summed E-state index contributed by atoms with van der Waals surface area (Å²) in [5.74, 6) is 1.55. The molecule has 0 saturated heterocycles. The van der Waals surface area contributed by atoms with Crippen molar-refractivity contribution in [1.82, 2.24) is 34.7 Å². The van der Waals surface area contributed by atoms with Crippen molar-refractivity contribution in [3.63, 3.8) is 0 Å². The maximum absolute atomic E-state index is 11.7. The number of aromatic nitrogens is 6. The molecule has 0 aliphatic heterocycles. The van der Waals surface area contributed by atoms with Gasteiger partial charge in [-0.05, 0) is 39.3 Å². The zero-order valence-corrected chi connectivity index (χ0v) is 17.3. The summed E-state index contributed by atoms with van der Waals surface area (Å²) < 4.78 is 14.0. The summed E-state index contributed by atoms with van der Waals surface area (Å²) >= 11 is 0. The Morgan fingerprint density at radius 2 is 2.07 bits per heavy atom. The Balaban J connectivity index is 1.49. The topological polar surface area (TPSA) is 124 Å². The highest BCUT2D eigenvalue weighted by Gasteiger charge is 2.18. The number of aryl methyl sites for hydroxylation is 1. The van der Waals surface area contributed by atoms with Crippen molar-refractivity contribution in [3.05, 3.63) is 24.6 Å². The number of amides is 1. The summed E-state index contributed by atoms with van der Waals surface area (Å²) in [5, 5.41) is 15.7. The van der Waals surface area contributed by atoms with Crippen molar-refractivity contribution in [1.29, 1.82) is 0 Å². The smallest absolute Gasteiger partial charge is 0.407 e.